The highest BCUT2D eigenvalue weighted by Crippen LogP contribution is 2.14. The van der Waals surface area contributed by atoms with E-state index in [9.17, 15) is 5.11 Å². The largest absolute Gasteiger partial charge is 0.387 e. The molecule has 0 bridgehead atoms. The van der Waals surface area contributed by atoms with Crippen LogP contribution in [0.25, 0.3) is 0 Å². The second-order valence-corrected chi connectivity index (χ2v) is 4.15. The second-order valence-electron chi connectivity index (χ2n) is 4.15. The van der Waals surface area contributed by atoms with Gasteiger partial charge in [0.2, 0.25) is 0 Å². The van der Waals surface area contributed by atoms with Gasteiger partial charge in [-0.3, -0.25) is 0 Å². The summed E-state index contributed by atoms with van der Waals surface area (Å²) in [6.45, 7) is 0. The zero-order chi connectivity index (χ0) is 12.6. The lowest BCUT2D eigenvalue weighted by atomic mass is 10.1. The van der Waals surface area contributed by atoms with E-state index < -0.39 is 6.10 Å². The minimum Gasteiger partial charge on any atom is -0.387 e. The average molecular weight is 236 g/mol. The molecule has 1 atom stereocenters. The van der Waals surface area contributed by atoms with E-state index >= 15 is 0 Å². The molecule has 1 heteroatoms. The Balaban J connectivity index is 1.86. The van der Waals surface area contributed by atoms with E-state index in [2.05, 4.69) is 24.0 Å². The molecule has 0 aliphatic heterocycles. The van der Waals surface area contributed by atoms with Crippen LogP contribution in [-0.2, 0) is 6.42 Å². The number of aliphatic hydroxyl groups is 1. The van der Waals surface area contributed by atoms with Crippen LogP contribution in [0, 0.1) is 11.8 Å². The quantitative estimate of drug-likeness (QED) is 0.810. The van der Waals surface area contributed by atoms with Crippen LogP contribution in [0.3, 0.4) is 0 Å². The maximum Gasteiger partial charge on any atom is 0.0899 e. The fraction of sp³-hybridized carbons (Fsp3) is 0.176. The normalized spacial score (nSPS) is 11.4. The van der Waals surface area contributed by atoms with Crippen molar-refractivity contribution in [1.82, 2.24) is 0 Å². The molecule has 0 heterocycles. The summed E-state index contributed by atoms with van der Waals surface area (Å²) in [5.74, 6) is 6.12. The molecular weight excluding hydrogens is 220 g/mol. The average Bonchev–Trinajstić information content (AvgIpc) is 2.45. The minimum atomic E-state index is -0.491. The standard InChI is InChI=1S/C17H16O/c18-17(16-12-5-2-6-13-16)14-8-7-11-15-9-3-1-4-10-15/h1-6,9-10,12-13,17-18H,11,14H2/t17-/m1/s1. The molecule has 0 aliphatic rings. The highest BCUT2D eigenvalue weighted by Gasteiger charge is 2.03. The lowest BCUT2D eigenvalue weighted by Gasteiger charge is -2.05. The molecule has 90 valence electrons. The zero-order valence-electron chi connectivity index (χ0n) is 10.2. The molecule has 2 aromatic carbocycles. The maximum atomic E-state index is 9.92. The van der Waals surface area contributed by atoms with Gasteiger partial charge in [-0.2, -0.15) is 0 Å². The first-order valence-electron chi connectivity index (χ1n) is 6.09. The molecule has 0 saturated carbocycles. The fourth-order valence-corrected chi connectivity index (χ4v) is 1.72. The van der Waals surface area contributed by atoms with Gasteiger partial charge in [0.15, 0.2) is 0 Å². The highest BCUT2D eigenvalue weighted by molar-refractivity contribution is 5.22. The second kappa shape index (κ2) is 6.64. The van der Waals surface area contributed by atoms with E-state index in [1.54, 1.807) is 0 Å². The van der Waals surface area contributed by atoms with E-state index in [4.69, 9.17) is 0 Å². The summed E-state index contributed by atoms with van der Waals surface area (Å²) in [6.07, 6.45) is 0.730. The van der Waals surface area contributed by atoms with Crippen LogP contribution in [0.15, 0.2) is 60.7 Å². The van der Waals surface area contributed by atoms with Crippen LogP contribution in [0.4, 0.5) is 0 Å². The van der Waals surface area contributed by atoms with E-state index in [1.807, 2.05) is 48.5 Å². The van der Waals surface area contributed by atoms with E-state index in [0.29, 0.717) is 6.42 Å². The molecule has 0 aromatic heterocycles. The van der Waals surface area contributed by atoms with Gasteiger partial charge in [-0.25, -0.2) is 0 Å². The molecule has 18 heavy (non-hydrogen) atoms. The van der Waals surface area contributed by atoms with Crippen molar-refractivity contribution in [3.05, 3.63) is 71.8 Å². The van der Waals surface area contributed by atoms with Gasteiger partial charge < -0.3 is 5.11 Å². The number of benzene rings is 2. The van der Waals surface area contributed by atoms with Gasteiger partial charge in [0.25, 0.3) is 0 Å². The van der Waals surface area contributed by atoms with Crippen LogP contribution >= 0.6 is 0 Å². The number of hydrogen-bond donors (Lipinski definition) is 1. The Labute approximate surface area is 108 Å². The minimum absolute atomic E-state index is 0.483. The van der Waals surface area contributed by atoms with Crippen LogP contribution in [0.1, 0.15) is 23.7 Å². The van der Waals surface area contributed by atoms with E-state index in [-0.39, 0.29) is 0 Å². The first kappa shape index (κ1) is 12.4. The van der Waals surface area contributed by atoms with Crippen molar-refractivity contribution in [2.24, 2.45) is 0 Å². The predicted molar refractivity (Wildman–Crippen MR) is 73.9 cm³/mol. The molecule has 0 aliphatic carbocycles. The number of rotatable bonds is 3. The number of hydrogen-bond acceptors (Lipinski definition) is 1. The zero-order valence-corrected chi connectivity index (χ0v) is 10.2. The summed E-state index contributed by atoms with van der Waals surface area (Å²) in [5, 5.41) is 9.92. The fourth-order valence-electron chi connectivity index (χ4n) is 1.72. The Kier molecular flexibility index (Phi) is 4.58. The summed E-state index contributed by atoms with van der Waals surface area (Å²) in [7, 11) is 0. The monoisotopic (exact) mass is 236 g/mol. The predicted octanol–water partition coefficient (Wildman–Crippen LogP) is 3.36. The van der Waals surface area contributed by atoms with Gasteiger partial charge in [0, 0.05) is 12.8 Å². The topological polar surface area (TPSA) is 20.2 Å². The van der Waals surface area contributed by atoms with E-state index in [0.717, 1.165) is 12.0 Å². The van der Waals surface area contributed by atoms with Crippen LogP contribution in [0.2, 0.25) is 0 Å². The van der Waals surface area contributed by atoms with Crippen molar-refractivity contribution in [3.63, 3.8) is 0 Å². The first-order valence-corrected chi connectivity index (χ1v) is 6.09. The molecule has 2 aromatic rings. The molecule has 0 unspecified atom stereocenters. The summed E-state index contributed by atoms with van der Waals surface area (Å²) < 4.78 is 0. The van der Waals surface area contributed by atoms with Gasteiger partial charge in [0.05, 0.1) is 6.10 Å². The lowest BCUT2D eigenvalue weighted by molar-refractivity contribution is 0.184. The molecule has 0 amide bonds. The highest BCUT2D eigenvalue weighted by atomic mass is 16.3. The Morgan fingerprint density at radius 1 is 0.833 bits per heavy atom. The third kappa shape index (κ3) is 3.76. The molecule has 1 nitrogen and oxygen atoms in total. The third-order valence-corrected chi connectivity index (χ3v) is 2.74. The SMILES string of the molecule is O[C@H](CC#CCc1ccccc1)c1ccccc1. The Hall–Kier alpha value is -2.04. The lowest BCUT2D eigenvalue weighted by Crippen LogP contribution is -1.94. The Morgan fingerprint density at radius 3 is 2.11 bits per heavy atom. The molecule has 0 spiro atoms. The van der Waals surface area contributed by atoms with Crippen LogP contribution in [0.5, 0.6) is 0 Å². The summed E-state index contributed by atoms with van der Waals surface area (Å²) in [6, 6.07) is 19.8. The summed E-state index contributed by atoms with van der Waals surface area (Å²) >= 11 is 0. The van der Waals surface area contributed by atoms with Gasteiger partial charge in [-0.15, -0.1) is 0 Å². The van der Waals surface area contributed by atoms with Crippen molar-refractivity contribution in [2.75, 3.05) is 0 Å². The Morgan fingerprint density at radius 2 is 1.44 bits per heavy atom. The first-order chi connectivity index (χ1) is 8.86. The molecule has 1 N–H and O–H groups in total. The third-order valence-electron chi connectivity index (χ3n) is 2.74. The molecule has 2 rings (SSSR count). The molecule has 0 fully saturated rings. The van der Waals surface area contributed by atoms with Gasteiger partial charge >= 0.3 is 0 Å². The van der Waals surface area contributed by atoms with Crippen LogP contribution < -0.4 is 0 Å². The van der Waals surface area contributed by atoms with Gasteiger partial charge in [0.1, 0.15) is 0 Å². The maximum absolute atomic E-state index is 9.92. The van der Waals surface area contributed by atoms with Gasteiger partial charge in [-0.05, 0) is 11.1 Å². The van der Waals surface area contributed by atoms with Crippen LogP contribution in [-0.4, -0.2) is 5.11 Å². The Bertz CT molecular complexity index is 520. The van der Waals surface area contributed by atoms with Gasteiger partial charge in [-0.1, -0.05) is 72.5 Å². The molecular formula is C17H16O. The summed E-state index contributed by atoms with van der Waals surface area (Å²) in [5.41, 5.74) is 2.13. The van der Waals surface area contributed by atoms with Crippen molar-refractivity contribution < 1.29 is 5.11 Å². The van der Waals surface area contributed by atoms with Crippen molar-refractivity contribution in [1.29, 1.82) is 0 Å². The summed E-state index contributed by atoms with van der Waals surface area (Å²) in [4.78, 5) is 0. The smallest absolute Gasteiger partial charge is 0.0899 e. The number of aliphatic hydroxyl groups excluding tert-OH is 1. The van der Waals surface area contributed by atoms with E-state index in [1.165, 1.54) is 5.56 Å². The van der Waals surface area contributed by atoms with Crippen molar-refractivity contribution in [2.45, 2.75) is 18.9 Å². The molecule has 0 saturated heterocycles. The van der Waals surface area contributed by atoms with Crippen molar-refractivity contribution >= 4 is 0 Å². The van der Waals surface area contributed by atoms with Crippen molar-refractivity contribution in [3.8, 4) is 11.8 Å². The molecule has 0 radical (unpaired) electrons.